The average Bonchev–Trinajstić information content (AvgIpc) is 3.08. The summed E-state index contributed by atoms with van der Waals surface area (Å²) in [6.07, 6.45) is 2.61. The maximum atomic E-state index is 12.5. The SMILES string of the molecule is CCc1ccc(Cn2nccc2NC(=O)c2ccc([N+](=O)[O-])c(C)c2)cc1. The van der Waals surface area contributed by atoms with Gasteiger partial charge in [0, 0.05) is 23.3 Å². The maximum absolute atomic E-state index is 12.5. The van der Waals surface area contributed by atoms with Crippen LogP contribution in [0.4, 0.5) is 11.5 Å². The number of nitro benzene ring substituents is 1. The van der Waals surface area contributed by atoms with Crippen LogP contribution < -0.4 is 5.32 Å². The van der Waals surface area contributed by atoms with Gasteiger partial charge in [-0.3, -0.25) is 14.9 Å². The van der Waals surface area contributed by atoms with E-state index in [4.69, 9.17) is 0 Å². The number of hydrogen-bond donors (Lipinski definition) is 1. The molecule has 0 radical (unpaired) electrons. The van der Waals surface area contributed by atoms with Gasteiger partial charge in [-0.15, -0.1) is 0 Å². The van der Waals surface area contributed by atoms with E-state index in [0.29, 0.717) is 23.5 Å². The second-order valence-corrected chi connectivity index (χ2v) is 6.26. The Morgan fingerprint density at radius 3 is 2.48 bits per heavy atom. The Morgan fingerprint density at radius 2 is 1.85 bits per heavy atom. The molecule has 0 aliphatic heterocycles. The van der Waals surface area contributed by atoms with Gasteiger partial charge >= 0.3 is 0 Å². The summed E-state index contributed by atoms with van der Waals surface area (Å²) in [5.74, 6) is 0.228. The lowest BCUT2D eigenvalue weighted by molar-refractivity contribution is -0.385. The highest BCUT2D eigenvalue weighted by Gasteiger charge is 2.15. The maximum Gasteiger partial charge on any atom is 0.272 e. The van der Waals surface area contributed by atoms with Crippen molar-refractivity contribution >= 4 is 17.4 Å². The number of anilines is 1. The van der Waals surface area contributed by atoms with E-state index in [9.17, 15) is 14.9 Å². The van der Waals surface area contributed by atoms with E-state index in [-0.39, 0.29) is 11.6 Å². The van der Waals surface area contributed by atoms with E-state index in [0.717, 1.165) is 12.0 Å². The van der Waals surface area contributed by atoms with Crippen LogP contribution in [0.15, 0.2) is 54.7 Å². The smallest absolute Gasteiger partial charge is 0.272 e. The molecule has 0 atom stereocenters. The predicted octanol–water partition coefficient (Wildman–Crippen LogP) is 3.96. The van der Waals surface area contributed by atoms with Gasteiger partial charge in [0.15, 0.2) is 0 Å². The molecule has 2 aromatic carbocycles. The Kier molecular flexibility index (Phi) is 5.30. The lowest BCUT2D eigenvalue weighted by Crippen LogP contribution is -2.16. The second-order valence-electron chi connectivity index (χ2n) is 6.26. The van der Waals surface area contributed by atoms with E-state index >= 15 is 0 Å². The van der Waals surface area contributed by atoms with Gasteiger partial charge < -0.3 is 5.32 Å². The summed E-state index contributed by atoms with van der Waals surface area (Å²) in [6, 6.07) is 14.3. The molecule has 0 bridgehead atoms. The summed E-state index contributed by atoms with van der Waals surface area (Å²) in [7, 11) is 0. The highest BCUT2D eigenvalue weighted by atomic mass is 16.6. The zero-order valence-electron chi connectivity index (χ0n) is 15.2. The molecule has 1 N–H and O–H groups in total. The summed E-state index contributed by atoms with van der Waals surface area (Å²) in [5, 5.41) is 18.0. The number of nitro groups is 1. The number of carbonyl (C=O) groups excluding carboxylic acids is 1. The third-order valence-electron chi connectivity index (χ3n) is 4.38. The Hall–Kier alpha value is -3.48. The number of aromatic nitrogens is 2. The van der Waals surface area contributed by atoms with Crippen molar-refractivity contribution in [1.82, 2.24) is 9.78 Å². The van der Waals surface area contributed by atoms with Crippen LogP contribution in [0.5, 0.6) is 0 Å². The minimum atomic E-state index is -0.462. The first-order chi connectivity index (χ1) is 13.0. The van der Waals surface area contributed by atoms with Crippen LogP contribution in [-0.4, -0.2) is 20.6 Å². The van der Waals surface area contributed by atoms with Gasteiger partial charge in [0.25, 0.3) is 11.6 Å². The molecule has 0 saturated carbocycles. The van der Waals surface area contributed by atoms with E-state index in [1.165, 1.54) is 23.8 Å². The van der Waals surface area contributed by atoms with Crippen molar-refractivity contribution in [3.63, 3.8) is 0 Å². The number of aryl methyl sites for hydroxylation is 2. The average molecular weight is 364 g/mol. The molecule has 0 spiro atoms. The van der Waals surface area contributed by atoms with Crippen molar-refractivity contribution in [3.8, 4) is 0 Å². The fraction of sp³-hybridized carbons (Fsp3) is 0.200. The van der Waals surface area contributed by atoms with Crippen LogP contribution in [0.1, 0.15) is 34.0 Å². The van der Waals surface area contributed by atoms with Gasteiger partial charge in [-0.1, -0.05) is 31.2 Å². The number of hydrogen-bond acceptors (Lipinski definition) is 4. The van der Waals surface area contributed by atoms with Crippen LogP contribution in [0.2, 0.25) is 0 Å². The van der Waals surface area contributed by atoms with E-state index < -0.39 is 4.92 Å². The van der Waals surface area contributed by atoms with Crippen molar-refractivity contribution in [2.75, 3.05) is 5.32 Å². The highest BCUT2D eigenvalue weighted by molar-refractivity contribution is 6.04. The molecule has 1 heterocycles. The standard InChI is InChI=1S/C20H20N4O3/c1-3-15-4-6-16(7-5-15)13-23-19(10-11-21-23)22-20(25)17-8-9-18(24(26)27)14(2)12-17/h4-12H,3,13H2,1-2H3,(H,22,25). The molecule has 3 rings (SSSR count). The molecule has 7 nitrogen and oxygen atoms in total. The van der Waals surface area contributed by atoms with E-state index in [2.05, 4.69) is 29.5 Å². The number of benzene rings is 2. The number of carbonyl (C=O) groups is 1. The normalized spacial score (nSPS) is 10.6. The third-order valence-corrected chi connectivity index (χ3v) is 4.38. The molecule has 3 aromatic rings. The molecular weight excluding hydrogens is 344 g/mol. The summed E-state index contributed by atoms with van der Waals surface area (Å²) in [4.78, 5) is 23.0. The van der Waals surface area contributed by atoms with Gasteiger partial charge in [0.2, 0.25) is 0 Å². The Labute approximate surface area is 156 Å². The molecule has 1 aromatic heterocycles. The first-order valence-electron chi connectivity index (χ1n) is 8.64. The lowest BCUT2D eigenvalue weighted by atomic mass is 10.1. The molecule has 1 amide bonds. The van der Waals surface area contributed by atoms with Crippen molar-refractivity contribution in [2.45, 2.75) is 26.8 Å². The second kappa shape index (κ2) is 7.82. The molecular formula is C20H20N4O3. The van der Waals surface area contributed by atoms with Gasteiger partial charge in [0.05, 0.1) is 17.7 Å². The number of nitrogens with one attached hydrogen (secondary N) is 1. The minimum Gasteiger partial charge on any atom is -0.307 e. The minimum absolute atomic E-state index is 0.00730. The van der Waals surface area contributed by atoms with Crippen molar-refractivity contribution in [3.05, 3.63) is 87.1 Å². The number of nitrogens with zero attached hydrogens (tertiary/aromatic N) is 3. The predicted molar refractivity (Wildman–Crippen MR) is 103 cm³/mol. The first-order valence-corrected chi connectivity index (χ1v) is 8.64. The molecule has 0 aliphatic carbocycles. The van der Waals surface area contributed by atoms with E-state index in [1.807, 2.05) is 12.1 Å². The largest absolute Gasteiger partial charge is 0.307 e. The van der Waals surface area contributed by atoms with Crippen LogP contribution in [-0.2, 0) is 13.0 Å². The Balaban J connectivity index is 1.74. The van der Waals surface area contributed by atoms with Gasteiger partial charge in [-0.2, -0.15) is 5.10 Å². The molecule has 138 valence electrons. The quantitative estimate of drug-likeness (QED) is 0.529. The molecule has 7 heteroatoms. The third kappa shape index (κ3) is 4.20. The van der Waals surface area contributed by atoms with Crippen LogP contribution in [0, 0.1) is 17.0 Å². The monoisotopic (exact) mass is 364 g/mol. The van der Waals surface area contributed by atoms with Crippen molar-refractivity contribution in [1.29, 1.82) is 0 Å². The molecule has 0 aliphatic rings. The fourth-order valence-corrected chi connectivity index (χ4v) is 2.81. The molecule has 0 unspecified atom stereocenters. The molecule has 27 heavy (non-hydrogen) atoms. The van der Waals surface area contributed by atoms with Crippen LogP contribution >= 0.6 is 0 Å². The van der Waals surface area contributed by atoms with Gasteiger partial charge in [0.1, 0.15) is 5.82 Å². The zero-order chi connectivity index (χ0) is 19.4. The van der Waals surface area contributed by atoms with Crippen molar-refractivity contribution in [2.24, 2.45) is 0 Å². The lowest BCUT2D eigenvalue weighted by Gasteiger charge is -2.10. The van der Waals surface area contributed by atoms with Crippen LogP contribution in [0.3, 0.4) is 0 Å². The highest BCUT2D eigenvalue weighted by Crippen LogP contribution is 2.20. The van der Waals surface area contributed by atoms with Crippen LogP contribution in [0.25, 0.3) is 0 Å². The first kappa shape index (κ1) is 18.3. The summed E-state index contributed by atoms with van der Waals surface area (Å²) >= 11 is 0. The number of amides is 1. The molecule has 0 saturated heterocycles. The summed E-state index contributed by atoms with van der Waals surface area (Å²) in [6.45, 7) is 4.25. The van der Waals surface area contributed by atoms with Gasteiger partial charge in [-0.05, 0) is 36.6 Å². The topological polar surface area (TPSA) is 90.1 Å². The zero-order valence-corrected chi connectivity index (χ0v) is 15.2. The summed E-state index contributed by atoms with van der Waals surface area (Å²) < 4.78 is 1.71. The number of rotatable bonds is 6. The Morgan fingerprint density at radius 1 is 1.15 bits per heavy atom. The van der Waals surface area contributed by atoms with E-state index in [1.54, 1.807) is 23.9 Å². The van der Waals surface area contributed by atoms with Crippen molar-refractivity contribution < 1.29 is 9.72 Å². The summed E-state index contributed by atoms with van der Waals surface area (Å²) in [5.41, 5.74) is 3.14. The fourth-order valence-electron chi connectivity index (χ4n) is 2.81. The molecule has 0 fully saturated rings. The van der Waals surface area contributed by atoms with Gasteiger partial charge in [-0.25, -0.2) is 4.68 Å². The Bertz CT molecular complexity index is 977.